The number of hydrogen-bond acceptors (Lipinski definition) is 6. The Kier molecular flexibility index (Phi) is 4.40. The maximum absolute atomic E-state index is 12.7. The molecule has 3 heterocycles. The summed E-state index contributed by atoms with van der Waals surface area (Å²) in [5, 5.41) is 7.84. The molecular formula is C21H18N4O3S. The number of nitrogens with zero attached hydrogens (tertiary/aromatic N) is 3. The normalized spacial score (nSPS) is 12.2. The fraction of sp³-hybridized carbons (Fsp3) is 0.190. The van der Waals surface area contributed by atoms with Gasteiger partial charge in [-0.05, 0) is 37.3 Å². The van der Waals surface area contributed by atoms with Crippen LogP contribution in [-0.2, 0) is 17.9 Å². The Morgan fingerprint density at radius 3 is 3.10 bits per heavy atom. The number of benzene rings is 2. The molecule has 0 saturated heterocycles. The van der Waals surface area contributed by atoms with Gasteiger partial charge < -0.3 is 14.8 Å². The number of carbonyl (C=O) groups is 1. The molecule has 0 spiro atoms. The number of nitrogens with one attached hydrogen (secondary N) is 1. The van der Waals surface area contributed by atoms with Crippen molar-refractivity contribution in [1.29, 1.82) is 0 Å². The third-order valence-corrected chi connectivity index (χ3v) is 5.58. The second-order valence-corrected chi connectivity index (χ2v) is 7.62. The van der Waals surface area contributed by atoms with Gasteiger partial charge in [0.1, 0.15) is 24.7 Å². The summed E-state index contributed by atoms with van der Waals surface area (Å²) in [5.74, 6) is 1.42. The van der Waals surface area contributed by atoms with Crippen LogP contribution in [0, 0.1) is 0 Å². The van der Waals surface area contributed by atoms with Crippen LogP contribution >= 0.6 is 11.3 Å². The minimum atomic E-state index is -0.177. The molecule has 5 rings (SSSR count). The van der Waals surface area contributed by atoms with E-state index >= 15 is 0 Å². The summed E-state index contributed by atoms with van der Waals surface area (Å²) in [4.78, 5) is 17.2. The molecule has 2 aromatic heterocycles. The van der Waals surface area contributed by atoms with Gasteiger partial charge in [-0.1, -0.05) is 23.5 Å². The van der Waals surface area contributed by atoms with Gasteiger partial charge in [0.05, 0.1) is 28.7 Å². The van der Waals surface area contributed by atoms with E-state index in [1.807, 2.05) is 49.4 Å². The SMILES string of the molecule is CCOc1ccc2nc(NC(=O)Cn3ncc4c3-c3ccccc3OC4)sc2c1. The van der Waals surface area contributed by atoms with Crippen molar-refractivity contribution >= 4 is 32.6 Å². The highest BCUT2D eigenvalue weighted by molar-refractivity contribution is 7.22. The van der Waals surface area contributed by atoms with Crippen molar-refractivity contribution in [2.45, 2.75) is 20.1 Å². The van der Waals surface area contributed by atoms with Crippen molar-refractivity contribution in [3.05, 3.63) is 54.2 Å². The number of thiazole rings is 1. The third kappa shape index (κ3) is 3.31. The molecule has 1 aliphatic rings. The molecule has 0 radical (unpaired) electrons. The van der Waals surface area contributed by atoms with Crippen molar-refractivity contribution in [2.75, 3.05) is 11.9 Å². The van der Waals surface area contributed by atoms with Crippen LogP contribution < -0.4 is 14.8 Å². The molecule has 146 valence electrons. The average Bonchev–Trinajstić information content (AvgIpc) is 3.31. The molecule has 4 aromatic rings. The molecule has 0 saturated carbocycles. The summed E-state index contributed by atoms with van der Waals surface area (Å²) in [7, 11) is 0. The van der Waals surface area contributed by atoms with Crippen LogP contribution in [0.3, 0.4) is 0 Å². The van der Waals surface area contributed by atoms with E-state index in [0.29, 0.717) is 18.3 Å². The number of hydrogen-bond donors (Lipinski definition) is 1. The van der Waals surface area contributed by atoms with E-state index in [-0.39, 0.29) is 12.5 Å². The smallest absolute Gasteiger partial charge is 0.247 e. The Labute approximate surface area is 170 Å². The van der Waals surface area contributed by atoms with Gasteiger partial charge in [-0.2, -0.15) is 5.10 Å². The molecule has 7 nitrogen and oxygen atoms in total. The summed E-state index contributed by atoms with van der Waals surface area (Å²) >= 11 is 1.42. The second kappa shape index (κ2) is 7.21. The summed E-state index contributed by atoms with van der Waals surface area (Å²) in [5.41, 5.74) is 3.67. The fourth-order valence-electron chi connectivity index (χ4n) is 3.41. The highest BCUT2D eigenvalue weighted by Gasteiger charge is 2.23. The molecule has 0 aliphatic carbocycles. The summed E-state index contributed by atoms with van der Waals surface area (Å²) in [6.45, 7) is 3.11. The predicted molar refractivity (Wildman–Crippen MR) is 111 cm³/mol. The molecule has 0 fully saturated rings. The van der Waals surface area contributed by atoms with Crippen molar-refractivity contribution in [3.63, 3.8) is 0 Å². The van der Waals surface area contributed by atoms with Gasteiger partial charge in [-0.25, -0.2) is 4.98 Å². The van der Waals surface area contributed by atoms with Gasteiger partial charge in [0, 0.05) is 11.1 Å². The summed E-state index contributed by atoms with van der Waals surface area (Å²) in [6, 6.07) is 13.5. The van der Waals surface area contributed by atoms with Crippen LogP contribution in [0.2, 0.25) is 0 Å². The van der Waals surface area contributed by atoms with Crippen molar-refractivity contribution < 1.29 is 14.3 Å². The van der Waals surface area contributed by atoms with Crippen LogP contribution in [0.15, 0.2) is 48.7 Å². The predicted octanol–water partition coefficient (Wildman–Crippen LogP) is 4.09. The van der Waals surface area contributed by atoms with Crippen LogP contribution in [-0.4, -0.2) is 27.3 Å². The Morgan fingerprint density at radius 1 is 1.31 bits per heavy atom. The molecule has 1 amide bonds. The Balaban J connectivity index is 1.36. The summed E-state index contributed by atoms with van der Waals surface area (Å²) < 4.78 is 14.0. The number of aromatic nitrogens is 3. The first kappa shape index (κ1) is 17.7. The van der Waals surface area contributed by atoms with Crippen molar-refractivity contribution in [2.24, 2.45) is 0 Å². The average molecular weight is 406 g/mol. The maximum atomic E-state index is 12.7. The molecule has 8 heteroatoms. The summed E-state index contributed by atoms with van der Waals surface area (Å²) in [6.07, 6.45) is 1.76. The first-order chi connectivity index (χ1) is 14.2. The third-order valence-electron chi connectivity index (χ3n) is 4.65. The minimum absolute atomic E-state index is 0.101. The second-order valence-electron chi connectivity index (χ2n) is 6.59. The fourth-order valence-corrected chi connectivity index (χ4v) is 4.33. The molecule has 1 aliphatic heterocycles. The number of para-hydroxylation sites is 1. The van der Waals surface area contributed by atoms with Crippen molar-refractivity contribution in [3.8, 4) is 22.8 Å². The first-order valence-corrected chi connectivity index (χ1v) is 10.1. The quantitative estimate of drug-likeness (QED) is 0.540. The van der Waals surface area contributed by atoms with Crippen LogP contribution in [0.5, 0.6) is 11.5 Å². The number of rotatable bonds is 5. The molecule has 1 N–H and O–H groups in total. The largest absolute Gasteiger partial charge is 0.494 e. The van der Waals surface area contributed by atoms with E-state index in [4.69, 9.17) is 9.47 Å². The van der Waals surface area contributed by atoms with Crippen molar-refractivity contribution in [1.82, 2.24) is 14.8 Å². The molecule has 29 heavy (non-hydrogen) atoms. The number of carbonyl (C=O) groups excluding carboxylic acids is 1. The highest BCUT2D eigenvalue weighted by atomic mass is 32.1. The van der Waals surface area contributed by atoms with E-state index in [0.717, 1.165) is 38.5 Å². The number of amides is 1. The van der Waals surface area contributed by atoms with E-state index in [2.05, 4.69) is 15.4 Å². The lowest BCUT2D eigenvalue weighted by Crippen LogP contribution is -2.20. The van der Waals surface area contributed by atoms with E-state index in [9.17, 15) is 4.79 Å². The van der Waals surface area contributed by atoms with Gasteiger partial charge >= 0.3 is 0 Å². The zero-order valence-corrected chi connectivity index (χ0v) is 16.5. The van der Waals surface area contributed by atoms with E-state index in [1.54, 1.807) is 10.9 Å². The van der Waals surface area contributed by atoms with E-state index < -0.39 is 0 Å². The number of fused-ring (bicyclic) bond motifs is 4. The van der Waals surface area contributed by atoms with Crippen LogP contribution in [0.25, 0.3) is 21.5 Å². The van der Waals surface area contributed by atoms with Gasteiger partial charge in [0.15, 0.2) is 5.13 Å². The maximum Gasteiger partial charge on any atom is 0.247 e. The highest BCUT2D eigenvalue weighted by Crippen LogP contribution is 2.37. The van der Waals surface area contributed by atoms with Crippen LogP contribution in [0.4, 0.5) is 5.13 Å². The standard InChI is InChI=1S/C21H18N4O3S/c1-2-27-14-7-8-16-18(9-14)29-21(23-16)24-19(26)11-25-20-13(10-22-25)12-28-17-6-4-3-5-15(17)20/h3-10H,2,11-12H2,1H3,(H,23,24,26). The Hall–Kier alpha value is -3.39. The molecule has 0 bridgehead atoms. The number of anilines is 1. The minimum Gasteiger partial charge on any atom is -0.494 e. The number of ether oxygens (including phenoxy) is 2. The lowest BCUT2D eigenvalue weighted by atomic mass is 10.0. The molecule has 0 unspecified atom stereocenters. The zero-order chi connectivity index (χ0) is 19.8. The lowest BCUT2D eigenvalue weighted by molar-refractivity contribution is -0.116. The lowest BCUT2D eigenvalue weighted by Gasteiger charge is -2.19. The first-order valence-electron chi connectivity index (χ1n) is 9.31. The Morgan fingerprint density at radius 2 is 2.21 bits per heavy atom. The van der Waals surface area contributed by atoms with Gasteiger partial charge in [-0.3, -0.25) is 9.48 Å². The van der Waals surface area contributed by atoms with Gasteiger partial charge in [0.2, 0.25) is 5.91 Å². The van der Waals surface area contributed by atoms with Crippen LogP contribution in [0.1, 0.15) is 12.5 Å². The topological polar surface area (TPSA) is 78.3 Å². The Bertz CT molecular complexity index is 1210. The van der Waals surface area contributed by atoms with Gasteiger partial charge in [0.25, 0.3) is 0 Å². The molecule has 0 atom stereocenters. The van der Waals surface area contributed by atoms with Gasteiger partial charge in [-0.15, -0.1) is 0 Å². The molecular weight excluding hydrogens is 388 g/mol. The molecule has 2 aromatic carbocycles. The zero-order valence-electron chi connectivity index (χ0n) is 15.7. The monoisotopic (exact) mass is 406 g/mol. The van der Waals surface area contributed by atoms with E-state index in [1.165, 1.54) is 11.3 Å².